The second kappa shape index (κ2) is 9.12. The van der Waals surface area contributed by atoms with E-state index in [0.717, 1.165) is 30.6 Å². The summed E-state index contributed by atoms with van der Waals surface area (Å²) in [6, 6.07) is 3.32. The molecular formula is C17H29N3O3S2. The number of thiophene rings is 1. The highest BCUT2D eigenvalue weighted by atomic mass is 32.2. The van der Waals surface area contributed by atoms with Crippen molar-refractivity contribution < 1.29 is 13.2 Å². The molecule has 1 saturated heterocycles. The summed E-state index contributed by atoms with van der Waals surface area (Å²) < 4.78 is 27.2. The van der Waals surface area contributed by atoms with E-state index in [-0.39, 0.29) is 18.4 Å². The van der Waals surface area contributed by atoms with Gasteiger partial charge in [0.1, 0.15) is 4.21 Å². The molecule has 25 heavy (non-hydrogen) atoms. The van der Waals surface area contributed by atoms with Gasteiger partial charge in [-0.2, -0.15) is 4.31 Å². The van der Waals surface area contributed by atoms with Gasteiger partial charge < -0.3 is 11.1 Å². The summed E-state index contributed by atoms with van der Waals surface area (Å²) in [7, 11) is -3.42. The Hall–Kier alpha value is -0.960. The molecule has 1 unspecified atom stereocenters. The molecule has 0 bridgehead atoms. The van der Waals surface area contributed by atoms with Crippen LogP contribution in [0.25, 0.3) is 0 Å². The summed E-state index contributed by atoms with van der Waals surface area (Å²) in [6.07, 6.45) is 3.93. The number of nitrogens with two attached hydrogens (primary N) is 1. The van der Waals surface area contributed by atoms with Gasteiger partial charge in [0.15, 0.2) is 0 Å². The Bertz CT molecular complexity index is 664. The number of amides is 1. The van der Waals surface area contributed by atoms with Crippen LogP contribution in [0.4, 0.5) is 0 Å². The molecule has 142 valence electrons. The van der Waals surface area contributed by atoms with Crippen LogP contribution < -0.4 is 11.1 Å². The SMILES string of the molecule is CC(C)CC(CN)NC(=O)Cc1ccc(S(=O)(=O)N2CCCCC2)s1. The fourth-order valence-corrected chi connectivity index (χ4v) is 6.07. The van der Waals surface area contributed by atoms with Gasteiger partial charge in [0.05, 0.1) is 6.42 Å². The largest absolute Gasteiger partial charge is 0.352 e. The average Bonchev–Trinajstić information content (AvgIpc) is 3.03. The lowest BCUT2D eigenvalue weighted by molar-refractivity contribution is -0.121. The molecule has 1 aliphatic rings. The Balaban J connectivity index is 1.97. The Kier molecular flexibility index (Phi) is 7.42. The van der Waals surface area contributed by atoms with Gasteiger partial charge in [-0.1, -0.05) is 20.3 Å². The molecule has 1 aromatic heterocycles. The van der Waals surface area contributed by atoms with Crippen LogP contribution >= 0.6 is 11.3 Å². The zero-order chi connectivity index (χ0) is 18.4. The molecule has 2 rings (SSSR count). The third kappa shape index (κ3) is 5.77. The number of rotatable bonds is 8. The first-order chi connectivity index (χ1) is 11.8. The summed E-state index contributed by atoms with van der Waals surface area (Å²) in [6.45, 7) is 5.76. The van der Waals surface area contributed by atoms with E-state index in [2.05, 4.69) is 19.2 Å². The third-order valence-corrected chi connectivity index (χ3v) is 7.74. The first-order valence-corrected chi connectivity index (χ1v) is 11.2. The van der Waals surface area contributed by atoms with Crippen molar-refractivity contribution in [2.45, 2.75) is 56.2 Å². The molecule has 0 spiro atoms. The molecule has 0 aromatic carbocycles. The lowest BCUT2D eigenvalue weighted by Gasteiger charge is -2.25. The number of nitrogens with one attached hydrogen (secondary N) is 1. The van der Waals surface area contributed by atoms with Crippen molar-refractivity contribution in [3.63, 3.8) is 0 Å². The van der Waals surface area contributed by atoms with E-state index in [0.29, 0.717) is 29.8 Å². The fourth-order valence-electron chi connectivity index (χ4n) is 3.04. The van der Waals surface area contributed by atoms with Crippen LogP contribution in [-0.2, 0) is 21.2 Å². The highest BCUT2D eigenvalue weighted by molar-refractivity contribution is 7.91. The minimum Gasteiger partial charge on any atom is -0.352 e. The molecule has 1 amide bonds. The van der Waals surface area contributed by atoms with E-state index in [9.17, 15) is 13.2 Å². The molecular weight excluding hydrogens is 358 g/mol. The normalized spacial score (nSPS) is 17.6. The Morgan fingerprint density at radius 3 is 2.56 bits per heavy atom. The number of sulfonamides is 1. The van der Waals surface area contributed by atoms with Gasteiger partial charge in [-0.05, 0) is 37.3 Å². The predicted molar refractivity (Wildman–Crippen MR) is 101 cm³/mol. The van der Waals surface area contributed by atoms with Crippen molar-refractivity contribution in [1.82, 2.24) is 9.62 Å². The topological polar surface area (TPSA) is 92.5 Å². The van der Waals surface area contributed by atoms with Crippen molar-refractivity contribution in [2.24, 2.45) is 11.7 Å². The monoisotopic (exact) mass is 387 g/mol. The first-order valence-electron chi connectivity index (χ1n) is 8.91. The summed E-state index contributed by atoms with van der Waals surface area (Å²) in [5.74, 6) is 0.344. The molecule has 1 fully saturated rings. The highest BCUT2D eigenvalue weighted by Gasteiger charge is 2.27. The Morgan fingerprint density at radius 1 is 1.28 bits per heavy atom. The lowest BCUT2D eigenvalue weighted by atomic mass is 10.0. The van der Waals surface area contributed by atoms with E-state index < -0.39 is 10.0 Å². The predicted octanol–water partition coefficient (Wildman–Crippen LogP) is 1.95. The summed E-state index contributed by atoms with van der Waals surface area (Å²) in [5, 5.41) is 2.94. The van der Waals surface area contributed by atoms with Crippen LogP contribution in [0.3, 0.4) is 0 Å². The number of nitrogens with zero attached hydrogens (tertiary/aromatic N) is 1. The van der Waals surface area contributed by atoms with Crippen LogP contribution in [0.2, 0.25) is 0 Å². The molecule has 1 atom stereocenters. The van der Waals surface area contributed by atoms with Gasteiger partial charge in [-0.25, -0.2) is 8.42 Å². The minimum absolute atomic E-state index is 0.0379. The van der Waals surface area contributed by atoms with E-state index in [1.807, 2.05) is 0 Å². The van der Waals surface area contributed by atoms with Crippen molar-refractivity contribution in [3.05, 3.63) is 17.0 Å². The number of piperidine rings is 1. The third-order valence-electron chi connectivity index (χ3n) is 4.29. The molecule has 1 aliphatic heterocycles. The standard InChI is InChI=1S/C17H29N3O3S2/c1-13(2)10-14(12-18)19-16(21)11-15-6-7-17(24-15)25(22,23)20-8-4-3-5-9-20/h6-7,13-14H,3-5,8-12,18H2,1-2H3,(H,19,21). The van der Waals surface area contributed by atoms with Crippen LogP contribution in [0.15, 0.2) is 16.3 Å². The second-order valence-electron chi connectivity index (χ2n) is 6.99. The maximum absolute atomic E-state index is 12.7. The average molecular weight is 388 g/mol. The smallest absolute Gasteiger partial charge is 0.252 e. The maximum atomic E-state index is 12.7. The van der Waals surface area contributed by atoms with Crippen LogP contribution in [-0.4, -0.2) is 44.3 Å². The van der Waals surface area contributed by atoms with E-state index >= 15 is 0 Å². The van der Waals surface area contributed by atoms with Crippen LogP contribution in [0.1, 0.15) is 44.4 Å². The summed E-state index contributed by atoms with van der Waals surface area (Å²) in [5.41, 5.74) is 5.71. The fraction of sp³-hybridized carbons (Fsp3) is 0.706. The van der Waals surface area contributed by atoms with Gasteiger partial charge in [0.2, 0.25) is 5.91 Å². The number of hydrogen-bond acceptors (Lipinski definition) is 5. The molecule has 3 N–H and O–H groups in total. The number of carbonyl (C=O) groups is 1. The molecule has 6 nitrogen and oxygen atoms in total. The lowest BCUT2D eigenvalue weighted by Crippen LogP contribution is -2.41. The Morgan fingerprint density at radius 2 is 1.96 bits per heavy atom. The maximum Gasteiger partial charge on any atom is 0.252 e. The van der Waals surface area contributed by atoms with Crippen molar-refractivity contribution >= 4 is 27.3 Å². The zero-order valence-corrected chi connectivity index (χ0v) is 16.7. The van der Waals surface area contributed by atoms with Gasteiger partial charge in [-0.15, -0.1) is 11.3 Å². The first kappa shape index (κ1) is 20.4. The summed E-state index contributed by atoms with van der Waals surface area (Å²) in [4.78, 5) is 13.0. The van der Waals surface area contributed by atoms with Crippen LogP contribution in [0.5, 0.6) is 0 Å². The van der Waals surface area contributed by atoms with Crippen molar-refractivity contribution in [1.29, 1.82) is 0 Å². The zero-order valence-electron chi connectivity index (χ0n) is 15.0. The molecule has 0 aliphatic carbocycles. The summed E-state index contributed by atoms with van der Waals surface area (Å²) >= 11 is 1.19. The van der Waals surface area contributed by atoms with Crippen LogP contribution in [0, 0.1) is 5.92 Å². The molecule has 2 heterocycles. The Labute approximate surface area is 154 Å². The highest BCUT2D eigenvalue weighted by Crippen LogP contribution is 2.27. The molecule has 0 radical (unpaired) electrons. The van der Waals surface area contributed by atoms with Gasteiger partial charge in [-0.3, -0.25) is 4.79 Å². The van der Waals surface area contributed by atoms with Crippen molar-refractivity contribution in [2.75, 3.05) is 19.6 Å². The minimum atomic E-state index is -3.42. The number of carbonyl (C=O) groups excluding carboxylic acids is 1. The molecule has 1 aromatic rings. The molecule has 8 heteroatoms. The van der Waals surface area contributed by atoms with E-state index in [1.54, 1.807) is 16.4 Å². The van der Waals surface area contributed by atoms with Gasteiger partial charge in [0, 0.05) is 30.6 Å². The molecule has 0 saturated carbocycles. The number of hydrogen-bond donors (Lipinski definition) is 2. The quantitative estimate of drug-likeness (QED) is 0.713. The van der Waals surface area contributed by atoms with Crippen molar-refractivity contribution in [3.8, 4) is 0 Å². The van der Waals surface area contributed by atoms with Gasteiger partial charge >= 0.3 is 0 Å². The van der Waals surface area contributed by atoms with Gasteiger partial charge in [0.25, 0.3) is 10.0 Å². The second-order valence-corrected chi connectivity index (χ2v) is 10.3. The van der Waals surface area contributed by atoms with E-state index in [1.165, 1.54) is 11.3 Å². The van der Waals surface area contributed by atoms with E-state index in [4.69, 9.17) is 5.73 Å².